The van der Waals surface area contributed by atoms with Crippen LogP contribution in [-0.2, 0) is 11.2 Å². The largest absolute Gasteiger partial charge is 0.377 e. The van der Waals surface area contributed by atoms with E-state index in [1.165, 1.54) is 0 Å². The number of hydrogen-bond donors (Lipinski definition) is 2. The molecule has 0 aromatic carbocycles. The van der Waals surface area contributed by atoms with Crippen LogP contribution in [0.5, 0.6) is 0 Å². The van der Waals surface area contributed by atoms with Crippen molar-refractivity contribution in [1.82, 2.24) is 15.6 Å². The number of hydrogen-bond acceptors (Lipinski definition) is 5. The lowest BCUT2D eigenvalue weighted by atomic mass is 10.0. The van der Waals surface area contributed by atoms with Crippen LogP contribution in [0.25, 0.3) is 0 Å². The molecule has 1 atom stereocenters. The molecule has 0 bridgehead atoms. The van der Waals surface area contributed by atoms with Gasteiger partial charge in [-0.25, -0.2) is 0 Å². The normalized spacial score (nSPS) is 13.1. The number of nitrogens with zero attached hydrogens (tertiary/aromatic N) is 2. The second-order valence-electron chi connectivity index (χ2n) is 4.34. The predicted molar refractivity (Wildman–Crippen MR) is 67.3 cm³/mol. The average Bonchev–Trinajstić information content (AvgIpc) is 2.30. The summed E-state index contributed by atoms with van der Waals surface area (Å²) < 4.78 is 5.60. The van der Waals surface area contributed by atoms with E-state index in [2.05, 4.69) is 22.5 Å². The lowest BCUT2D eigenvalue weighted by Crippen LogP contribution is -2.33. The first kappa shape index (κ1) is 14.0. The van der Waals surface area contributed by atoms with Gasteiger partial charge in [-0.15, -0.1) is 0 Å². The molecule has 0 radical (unpaired) electrons. The summed E-state index contributed by atoms with van der Waals surface area (Å²) in [6.45, 7) is 8.52. The second kappa shape index (κ2) is 6.64. The van der Waals surface area contributed by atoms with Crippen LogP contribution in [0.3, 0.4) is 0 Å². The minimum absolute atomic E-state index is 0.0402. The van der Waals surface area contributed by atoms with Gasteiger partial charge in [0.15, 0.2) is 0 Å². The molecule has 1 rings (SSSR count). The van der Waals surface area contributed by atoms with E-state index in [0.717, 1.165) is 23.4 Å². The Morgan fingerprint density at radius 3 is 2.65 bits per heavy atom. The van der Waals surface area contributed by atoms with Crippen molar-refractivity contribution >= 4 is 0 Å². The topological polar surface area (TPSA) is 73.1 Å². The first-order valence-electron chi connectivity index (χ1n) is 5.99. The van der Waals surface area contributed by atoms with E-state index in [1.54, 1.807) is 0 Å². The van der Waals surface area contributed by atoms with Gasteiger partial charge in [0.05, 0.1) is 30.1 Å². The van der Waals surface area contributed by atoms with Crippen molar-refractivity contribution in [2.45, 2.75) is 46.3 Å². The lowest BCUT2D eigenvalue weighted by Gasteiger charge is -2.20. The molecule has 5 heteroatoms. The van der Waals surface area contributed by atoms with Crippen LogP contribution in [-0.4, -0.2) is 22.9 Å². The van der Waals surface area contributed by atoms with Crippen LogP contribution in [0.1, 0.15) is 43.8 Å². The van der Waals surface area contributed by atoms with Crippen molar-refractivity contribution < 1.29 is 4.74 Å². The van der Waals surface area contributed by atoms with Gasteiger partial charge in [0.25, 0.3) is 0 Å². The number of hydrazine groups is 1. The minimum atomic E-state index is -0.0402. The Bertz CT molecular complexity index is 354. The van der Waals surface area contributed by atoms with Gasteiger partial charge < -0.3 is 4.74 Å². The molecule has 1 aromatic heterocycles. The number of aryl methyl sites for hydroxylation is 2. The fraction of sp³-hybridized carbons (Fsp3) is 0.667. The molecule has 0 aliphatic carbocycles. The minimum Gasteiger partial charge on any atom is -0.377 e. The van der Waals surface area contributed by atoms with Gasteiger partial charge in [-0.2, -0.15) is 10.2 Å². The number of nitrogens with two attached hydrogens (primary N) is 1. The molecule has 1 unspecified atom stereocenters. The number of ether oxygens (including phenoxy) is 1. The number of aromatic nitrogens is 2. The monoisotopic (exact) mass is 238 g/mol. The maximum Gasteiger partial charge on any atom is 0.0713 e. The third kappa shape index (κ3) is 4.03. The number of rotatable bonds is 6. The Morgan fingerprint density at radius 1 is 1.41 bits per heavy atom. The molecule has 3 N–H and O–H groups in total. The Balaban J connectivity index is 2.89. The van der Waals surface area contributed by atoms with Crippen molar-refractivity contribution in [3.05, 3.63) is 23.0 Å². The predicted octanol–water partition coefficient (Wildman–Crippen LogP) is 1.28. The molecular formula is C12H22N4O. The SMILES string of the molecule is CCc1nnc(C)cc1C(COC(C)C)NN. The lowest BCUT2D eigenvalue weighted by molar-refractivity contribution is 0.0608. The Hall–Kier alpha value is -1.04. The molecule has 96 valence electrons. The van der Waals surface area contributed by atoms with E-state index >= 15 is 0 Å². The Morgan fingerprint density at radius 2 is 2.12 bits per heavy atom. The Labute approximate surface area is 103 Å². The average molecular weight is 238 g/mol. The quantitative estimate of drug-likeness (QED) is 0.577. The van der Waals surface area contributed by atoms with Gasteiger partial charge >= 0.3 is 0 Å². The summed E-state index contributed by atoms with van der Waals surface area (Å²) in [5.74, 6) is 5.59. The zero-order chi connectivity index (χ0) is 12.8. The van der Waals surface area contributed by atoms with E-state index in [0.29, 0.717) is 6.61 Å². The first-order valence-corrected chi connectivity index (χ1v) is 5.99. The van der Waals surface area contributed by atoms with E-state index < -0.39 is 0 Å². The fourth-order valence-corrected chi connectivity index (χ4v) is 1.63. The third-order valence-corrected chi connectivity index (χ3v) is 2.53. The van der Waals surface area contributed by atoms with Crippen LogP contribution in [0, 0.1) is 6.92 Å². The molecule has 1 heterocycles. The zero-order valence-corrected chi connectivity index (χ0v) is 11.0. The van der Waals surface area contributed by atoms with Crippen LogP contribution in [0.15, 0.2) is 6.07 Å². The molecule has 0 aliphatic rings. The maximum atomic E-state index is 5.60. The first-order chi connectivity index (χ1) is 8.08. The highest BCUT2D eigenvalue weighted by Crippen LogP contribution is 2.17. The van der Waals surface area contributed by atoms with Crippen molar-refractivity contribution in [3.63, 3.8) is 0 Å². The van der Waals surface area contributed by atoms with Crippen LogP contribution in [0.2, 0.25) is 0 Å². The van der Waals surface area contributed by atoms with Crippen LogP contribution < -0.4 is 11.3 Å². The summed E-state index contributed by atoms with van der Waals surface area (Å²) in [6, 6.07) is 1.97. The summed E-state index contributed by atoms with van der Waals surface area (Å²) in [4.78, 5) is 0. The molecular weight excluding hydrogens is 216 g/mol. The molecule has 0 amide bonds. The summed E-state index contributed by atoms with van der Waals surface area (Å²) in [5.41, 5.74) is 5.71. The Kier molecular flexibility index (Phi) is 5.47. The van der Waals surface area contributed by atoms with Crippen molar-refractivity contribution in [1.29, 1.82) is 0 Å². The van der Waals surface area contributed by atoms with Gasteiger partial charge in [-0.3, -0.25) is 11.3 Å². The summed E-state index contributed by atoms with van der Waals surface area (Å²) in [7, 11) is 0. The van der Waals surface area contributed by atoms with E-state index in [9.17, 15) is 0 Å². The fourth-order valence-electron chi connectivity index (χ4n) is 1.63. The summed E-state index contributed by atoms with van der Waals surface area (Å²) in [5, 5.41) is 8.25. The van der Waals surface area contributed by atoms with Gasteiger partial charge in [0.2, 0.25) is 0 Å². The van der Waals surface area contributed by atoms with Crippen molar-refractivity contribution in [3.8, 4) is 0 Å². The van der Waals surface area contributed by atoms with Gasteiger partial charge in [-0.1, -0.05) is 6.92 Å². The van der Waals surface area contributed by atoms with E-state index in [1.807, 2.05) is 26.8 Å². The summed E-state index contributed by atoms with van der Waals surface area (Å²) in [6.07, 6.45) is 1.02. The molecule has 0 aliphatic heterocycles. The molecule has 0 spiro atoms. The standard InChI is InChI=1S/C12H22N4O/c1-5-11-10(6-9(4)15-16-11)12(14-13)7-17-8(2)3/h6,8,12,14H,5,7,13H2,1-4H3. The highest BCUT2D eigenvalue weighted by Gasteiger charge is 2.16. The van der Waals surface area contributed by atoms with Crippen LogP contribution >= 0.6 is 0 Å². The number of nitrogens with one attached hydrogen (secondary N) is 1. The van der Waals surface area contributed by atoms with E-state index in [4.69, 9.17) is 10.6 Å². The van der Waals surface area contributed by atoms with Crippen LogP contribution in [0.4, 0.5) is 0 Å². The van der Waals surface area contributed by atoms with Gasteiger partial charge in [0.1, 0.15) is 0 Å². The molecule has 0 saturated heterocycles. The third-order valence-electron chi connectivity index (χ3n) is 2.53. The highest BCUT2D eigenvalue weighted by atomic mass is 16.5. The van der Waals surface area contributed by atoms with Crippen molar-refractivity contribution in [2.24, 2.45) is 5.84 Å². The molecule has 5 nitrogen and oxygen atoms in total. The highest BCUT2D eigenvalue weighted by molar-refractivity contribution is 5.24. The zero-order valence-electron chi connectivity index (χ0n) is 11.0. The molecule has 0 saturated carbocycles. The molecule has 1 aromatic rings. The smallest absolute Gasteiger partial charge is 0.0713 e. The van der Waals surface area contributed by atoms with Crippen molar-refractivity contribution in [2.75, 3.05) is 6.61 Å². The molecule has 17 heavy (non-hydrogen) atoms. The summed E-state index contributed by atoms with van der Waals surface area (Å²) >= 11 is 0. The second-order valence-corrected chi connectivity index (χ2v) is 4.34. The van der Waals surface area contributed by atoms with Gasteiger partial charge in [-0.05, 0) is 38.8 Å². The van der Waals surface area contributed by atoms with E-state index in [-0.39, 0.29) is 12.1 Å². The molecule has 0 fully saturated rings. The van der Waals surface area contributed by atoms with Gasteiger partial charge in [0, 0.05) is 0 Å². The maximum absolute atomic E-state index is 5.60.